The number of benzene rings is 2. The predicted octanol–water partition coefficient (Wildman–Crippen LogP) is 5.23. The van der Waals surface area contributed by atoms with Gasteiger partial charge in [-0.2, -0.15) is 0 Å². The number of amides is 2. The lowest BCUT2D eigenvalue weighted by atomic mass is 10.1. The van der Waals surface area contributed by atoms with Crippen molar-refractivity contribution in [2.24, 2.45) is 0 Å². The van der Waals surface area contributed by atoms with Gasteiger partial charge in [-0.25, -0.2) is 0 Å². The van der Waals surface area contributed by atoms with Gasteiger partial charge in [0.1, 0.15) is 5.76 Å². The second kappa shape index (κ2) is 10.0. The first kappa shape index (κ1) is 22.1. The molecule has 2 amide bonds. The third-order valence-corrected chi connectivity index (χ3v) is 5.40. The van der Waals surface area contributed by atoms with Crippen molar-refractivity contribution in [3.63, 3.8) is 0 Å². The summed E-state index contributed by atoms with van der Waals surface area (Å²) in [4.78, 5) is 29.1. The normalized spacial score (nSPS) is 10.7. The van der Waals surface area contributed by atoms with Crippen molar-refractivity contribution >= 4 is 17.5 Å². The molecule has 2 aromatic carbocycles. The van der Waals surface area contributed by atoms with Gasteiger partial charge in [0, 0.05) is 12.7 Å². The molecule has 33 heavy (non-hydrogen) atoms. The zero-order valence-electron chi connectivity index (χ0n) is 18.7. The first-order valence-electron chi connectivity index (χ1n) is 10.8. The molecular weight excluding hydrogens is 416 g/mol. The monoisotopic (exact) mass is 442 g/mol. The molecule has 0 aliphatic heterocycles. The summed E-state index contributed by atoms with van der Waals surface area (Å²) in [5.74, 6) is 0.789. The molecule has 0 fully saturated rings. The van der Waals surface area contributed by atoms with E-state index in [0.29, 0.717) is 13.1 Å². The molecule has 0 saturated carbocycles. The fourth-order valence-electron chi connectivity index (χ4n) is 3.63. The highest BCUT2D eigenvalue weighted by atomic mass is 16.3. The fourth-order valence-corrected chi connectivity index (χ4v) is 3.63. The second-order valence-electron chi connectivity index (χ2n) is 8.03. The van der Waals surface area contributed by atoms with Gasteiger partial charge in [-0.05, 0) is 54.4 Å². The summed E-state index contributed by atoms with van der Waals surface area (Å²) in [5.41, 5.74) is 3.76. The molecule has 0 spiro atoms. The van der Waals surface area contributed by atoms with E-state index in [0.717, 1.165) is 28.1 Å². The van der Waals surface area contributed by atoms with E-state index in [1.54, 1.807) is 41.3 Å². The van der Waals surface area contributed by atoms with Crippen LogP contribution in [0.15, 0.2) is 94.2 Å². The van der Waals surface area contributed by atoms with Crippen LogP contribution in [0.5, 0.6) is 0 Å². The number of hydrogen-bond donors (Lipinski definition) is 0. The topological polar surface area (TPSA) is 66.9 Å². The SMILES string of the molecule is Cc1cccc(CN(C(=O)c2ccco2)c2ccc(CC(=O)N(C)Cc3ccco3)cc2)c1. The number of aryl methyl sites for hydroxylation is 1. The van der Waals surface area contributed by atoms with E-state index in [-0.39, 0.29) is 24.0 Å². The Morgan fingerprint density at radius 1 is 0.818 bits per heavy atom. The molecule has 4 aromatic rings. The Kier molecular flexibility index (Phi) is 6.74. The van der Waals surface area contributed by atoms with Crippen molar-refractivity contribution < 1.29 is 18.4 Å². The van der Waals surface area contributed by atoms with Gasteiger partial charge in [0.05, 0.1) is 32.0 Å². The summed E-state index contributed by atoms with van der Waals surface area (Å²) < 4.78 is 10.7. The number of carbonyl (C=O) groups excluding carboxylic acids is 2. The molecular formula is C27H26N2O4. The smallest absolute Gasteiger partial charge is 0.294 e. The number of anilines is 1. The molecule has 168 valence electrons. The molecule has 0 radical (unpaired) electrons. The van der Waals surface area contributed by atoms with E-state index >= 15 is 0 Å². The summed E-state index contributed by atoms with van der Waals surface area (Å²) in [6.07, 6.45) is 3.35. The maximum Gasteiger partial charge on any atom is 0.294 e. The molecule has 0 atom stereocenters. The van der Waals surface area contributed by atoms with Crippen molar-refractivity contribution in [1.29, 1.82) is 0 Å². The van der Waals surface area contributed by atoms with Crippen molar-refractivity contribution in [2.75, 3.05) is 11.9 Å². The molecule has 6 nitrogen and oxygen atoms in total. The van der Waals surface area contributed by atoms with E-state index in [2.05, 4.69) is 6.07 Å². The molecule has 0 aliphatic carbocycles. The van der Waals surface area contributed by atoms with Crippen molar-refractivity contribution in [3.8, 4) is 0 Å². The van der Waals surface area contributed by atoms with Crippen molar-refractivity contribution in [2.45, 2.75) is 26.4 Å². The van der Waals surface area contributed by atoms with Gasteiger partial charge in [0.15, 0.2) is 5.76 Å². The van der Waals surface area contributed by atoms with Crippen LogP contribution in [-0.4, -0.2) is 23.8 Å². The summed E-state index contributed by atoms with van der Waals surface area (Å²) in [6.45, 7) is 2.86. The van der Waals surface area contributed by atoms with Gasteiger partial charge in [0.25, 0.3) is 5.91 Å². The molecule has 0 N–H and O–H groups in total. The maximum atomic E-state index is 13.2. The van der Waals surface area contributed by atoms with Gasteiger partial charge in [-0.1, -0.05) is 42.0 Å². The first-order valence-corrected chi connectivity index (χ1v) is 10.8. The number of rotatable bonds is 8. The highest BCUT2D eigenvalue weighted by molar-refractivity contribution is 6.04. The second-order valence-corrected chi connectivity index (χ2v) is 8.03. The third kappa shape index (κ3) is 5.60. The highest BCUT2D eigenvalue weighted by Gasteiger charge is 2.21. The van der Waals surface area contributed by atoms with Crippen LogP contribution < -0.4 is 4.90 Å². The minimum atomic E-state index is -0.219. The van der Waals surface area contributed by atoms with Gasteiger partial charge >= 0.3 is 0 Å². The van der Waals surface area contributed by atoms with Crippen LogP contribution in [0.3, 0.4) is 0 Å². The Balaban J connectivity index is 1.50. The average molecular weight is 443 g/mol. The summed E-state index contributed by atoms with van der Waals surface area (Å²) in [7, 11) is 1.75. The third-order valence-electron chi connectivity index (χ3n) is 5.40. The number of nitrogens with zero attached hydrogens (tertiary/aromatic N) is 2. The Labute approximate surface area is 193 Å². The van der Waals surface area contributed by atoms with E-state index in [4.69, 9.17) is 8.83 Å². The number of hydrogen-bond acceptors (Lipinski definition) is 4. The van der Waals surface area contributed by atoms with Gasteiger partial charge in [-0.3, -0.25) is 9.59 Å². The summed E-state index contributed by atoms with van der Waals surface area (Å²) >= 11 is 0. The quantitative estimate of drug-likeness (QED) is 0.375. The standard InChI is InChI=1S/C27H26N2O4/c1-20-6-3-7-22(16-20)18-29(27(31)25-9-5-15-33-25)23-12-10-21(11-13-23)17-26(30)28(2)19-24-8-4-14-32-24/h3-16H,17-19H2,1-2H3. The van der Waals surface area contributed by atoms with E-state index in [9.17, 15) is 9.59 Å². The highest BCUT2D eigenvalue weighted by Crippen LogP contribution is 2.22. The van der Waals surface area contributed by atoms with Crippen molar-refractivity contribution in [1.82, 2.24) is 4.90 Å². The Bertz CT molecular complexity index is 1200. The molecule has 0 aliphatic rings. The van der Waals surface area contributed by atoms with E-state index < -0.39 is 0 Å². The number of furan rings is 2. The first-order chi connectivity index (χ1) is 16.0. The fraction of sp³-hybridized carbons (Fsp3) is 0.185. The van der Waals surface area contributed by atoms with Gasteiger partial charge < -0.3 is 18.6 Å². The van der Waals surface area contributed by atoms with Crippen LogP contribution in [0.2, 0.25) is 0 Å². The molecule has 0 unspecified atom stereocenters. The van der Waals surface area contributed by atoms with E-state index in [1.807, 2.05) is 55.5 Å². The maximum absolute atomic E-state index is 13.2. The van der Waals surface area contributed by atoms with Crippen LogP contribution in [0.4, 0.5) is 5.69 Å². The van der Waals surface area contributed by atoms with Crippen LogP contribution in [-0.2, 0) is 24.3 Å². The van der Waals surface area contributed by atoms with Crippen LogP contribution in [0, 0.1) is 6.92 Å². The minimum Gasteiger partial charge on any atom is -0.467 e. The van der Waals surface area contributed by atoms with E-state index in [1.165, 1.54) is 6.26 Å². The van der Waals surface area contributed by atoms with Gasteiger partial charge in [-0.15, -0.1) is 0 Å². The number of likely N-dealkylation sites (N-methyl/N-ethyl adjacent to an activating group) is 1. The Morgan fingerprint density at radius 3 is 2.24 bits per heavy atom. The Hall–Kier alpha value is -4.06. The largest absolute Gasteiger partial charge is 0.467 e. The molecule has 2 aromatic heterocycles. The van der Waals surface area contributed by atoms with Crippen LogP contribution in [0.1, 0.15) is 33.0 Å². The zero-order chi connectivity index (χ0) is 23.2. The average Bonchev–Trinajstić information content (AvgIpc) is 3.52. The molecule has 6 heteroatoms. The molecule has 0 saturated heterocycles. The lowest BCUT2D eigenvalue weighted by Crippen LogP contribution is -2.30. The molecule has 4 rings (SSSR count). The number of carbonyl (C=O) groups is 2. The molecule has 0 bridgehead atoms. The summed E-state index contributed by atoms with van der Waals surface area (Å²) in [6, 6.07) is 22.6. The summed E-state index contributed by atoms with van der Waals surface area (Å²) in [5, 5.41) is 0. The van der Waals surface area contributed by atoms with Crippen LogP contribution >= 0.6 is 0 Å². The minimum absolute atomic E-state index is 0.0116. The lowest BCUT2D eigenvalue weighted by Gasteiger charge is -2.23. The Morgan fingerprint density at radius 2 is 1.58 bits per heavy atom. The lowest BCUT2D eigenvalue weighted by molar-refractivity contribution is -0.129. The van der Waals surface area contributed by atoms with Crippen LogP contribution in [0.25, 0.3) is 0 Å². The predicted molar refractivity (Wildman–Crippen MR) is 126 cm³/mol. The molecule has 2 heterocycles. The zero-order valence-corrected chi connectivity index (χ0v) is 18.7. The van der Waals surface area contributed by atoms with Gasteiger partial charge in [0.2, 0.25) is 5.91 Å². The van der Waals surface area contributed by atoms with Crippen molar-refractivity contribution in [3.05, 3.63) is 114 Å².